The van der Waals surface area contributed by atoms with Gasteiger partial charge in [0.1, 0.15) is 22.9 Å². The molecule has 2 aromatic carbocycles. The van der Waals surface area contributed by atoms with E-state index in [1.54, 1.807) is 30.9 Å². The number of phenolic OH excluding ortho intramolecular Hbond substituents is 1. The van der Waals surface area contributed by atoms with Crippen LogP contribution in [0.4, 0.5) is 4.39 Å². The van der Waals surface area contributed by atoms with Gasteiger partial charge in [-0.05, 0) is 47.5 Å². The Morgan fingerprint density at radius 2 is 1.78 bits per heavy atom. The zero-order valence-corrected chi connectivity index (χ0v) is 16.5. The maximum absolute atomic E-state index is 13.9. The first-order valence-electron chi connectivity index (χ1n) is 9.88. The number of nitrogens with zero attached hydrogens (tertiary/aromatic N) is 4. The summed E-state index contributed by atoms with van der Waals surface area (Å²) in [5.41, 5.74) is 6.05. The summed E-state index contributed by atoms with van der Waals surface area (Å²) in [6.07, 6.45) is 6.66. The second-order valence-corrected chi connectivity index (χ2v) is 7.43. The fourth-order valence-corrected chi connectivity index (χ4v) is 3.96. The smallest absolute Gasteiger partial charge is 0.138 e. The fourth-order valence-electron chi connectivity index (χ4n) is 3.96. The van der Waals surface area contributed by atoms with Gasteiger partial charge in [0.25, 0.3) is 0 Å². The molecule has 6 rings (SSSR count). The van der Waals surface area contributed by atoms with Crippen LogP contribution in [0.15, 0.2) is 73.3 Å². The number of pyridine rings is 1. The van der Waals surface area contributed by atoms with E-state index in [2.05, 4.69) is 30.1 Å². The quantitative estimate of drug-likeness (QED) is 0.369. The van der Waals surface area contributed by atoms with Crippen molar-refractivity contribution in [3.63, 3.8) is 0 Å². The maximum Gasteiger partial charge on any atom is 0.138 e. The van der Waals surface area contributed by atoms with Gasteiger partial charge in [-0.2, -0.15) is 5.10 Å². The molecule has 0 unspecified atom stereocenters. The van der Waals surface area contributed by atoms with Crippen LogP contribution in [0.1, 0.15) is 0 Å². The Bertz CT molecular complexity index is 1590. The summed E-state index contributed by atoms with van der Waals surface area (Å²) in [4.78, 5) is 16.2. The summed E-state index contributed by atoms with van der Waals surface area (Å²) in [7, 11) is 0. The van der Waals surface area contributed by atoms with Crippen molar-refractivity contribution in [3.05, 3.63) is 79.1 Å². The van der Waals surface area contributed by atoms with Crippen LogP contribution in [0, 0.1) is 5.82 Å². The van der Waals surface area contributed by atoms with Gasteiger partial charge in [-0.15, -0.1) is 0 Å². The maximum atomic E-state index is 13.9. The second kappa shape index (κ2) is 6.98. The number of aromatic nitrogens is 6. The van der Waals surface area contributed by atoms with Gasteiger partial charge in [0, 0.05) is 41.0 Å². The van der Waals surface area contributed by atoms with Crippen molar-refractivity contribution >= 4 is 21.9 Å². The number of hydrogen-bond acceptors (Lipinski definition) is 5. The Hall–Kier alpha value is -4.59. The van der Waals surface area contributed by atoms with E-state index in [0.717, 1.165) is 50.6 Å². The second-order valence-electron chi connectivity index (χ2n) is 7.43. The van der Waals surface area contributed by atoms with Crippen LogP contribution in [-0.4, -0.2) is 35.2 Å². The first-order chi connectivity index (χ1) is 15.7. The van der Waals surface area contributed by atoms with Crippen LogP contribution in [0.5, 0.6) is 5.75 Å². The molecule has 0 aliphatic heterocycles. The molecule has 32 heavy (non-hydrogen) atoms. The van der Waals surface area contributed by atoms with E-state index < -0.39 is 5.82 Å². The molecule has 154 valence electrons. The number of nitrogens with one attached hydrogen (secondary N) is 2. The van der Waals surface area contributed by atoms with Crippen molar-refractivity contribution < 1.29 is 9.50 Å². The molecule has 4 heterocycles. The SMILES string of the molecule is Oc1cc(F)cc(-c2ccnc3[nH]c(-c4n[nH]c5ccc(-c6cnccn6)cc45)cc23)c1. The number of halogens is 1. The van der Waals surface area contributed by atoms with Gasteiger partial charge < -0.3 is 10.1 Å². The average Bonchev–Trinajstić information content (AvgIpc) is 3.42. The van der Waals surface area contributed by atoms with Crippen molar-refractivity contribution in [1.29, 1.82) is 0 Å². The number of phenols is 1. The Morgan fingerprint density at radius 1 is 0.844 bits per heavy atom. The fraction of sp³-hybridized carbons (Fsp3) is 0. The average molecular weight is 422 g/mol. The van der Waals surface area contributed by atoms with Gasteiger partial charge in [-0.25, -0.2) is 9.37 Å². The van der Waals surface area contributed by atoms with Crippen LogP contribution in [0.25, 0.3) is 55.7 Å². The van der Waals surface area contributed by atoms with Crippen molar-refractivity contribution in [2.45, 2.75) is 0 Å². The lowest BCUT2D eigenvalue weighted by Crippen LogP contribution is -1.84. The zero-order valence-electron chi connectivity index (χ0n) is 16.5. The molecule has 0 bridgehead atoms. The Balaban J connectivity index is 1.52. The van der Waals surface area contributed by atoms with E-state index in [1.807, 2.05) is 24.3 Å². The van der Waals surface area contributed by atoms with Crippen molar-refractivity contribution in [1.82, 2.24) is 30.1 Å². The summed E-state index contributed by atoms with van der Waals surface area (Å²) in [5.74, 6) is -0.633. The number of aromatic amines is 2. The van der Waals surface area contributed by atoms with Gasteiger partial charge >= 0.3 is 0 Å². The minimum atomic E-state index is -0.504. The molecule has 4 aromatic heterocycles. The summed E-state index contributed by atoms with van der Waals surface area (Å²) in [5, 5.41) is 19.1. The Kier molecular flexibility index (Phi) is 3.97. The lowest BCUT2D eigenvalue weighted by atomic mass is 10.0. The molecular formula is C24H15FN6O. The van der Waals surface area contributed by atoms with Gasteiger partial charge in [0.2, 0.25) is 0 Å². The molecule has 0 fully saturated rings. The molecule has 0 radical (unpaired) electrons. The molecule has 6 aromatic rings. The van der Waals surface area contributed by atoms with Crippen LogP contribution >= 0.6 is 0 Å². The highest BCUT2D eigenvalue weighted by Gasteiger charge is 2.15. The predicted molar refractivity (Wildman–Crippen MR) is 119 cm³/mol. The van der Waals surface area contributed by atoms with Crippen LogP contribution in [-0.2, 0) is 0 Å². The Morgan fingerprint density at radius 3 is 2.62 bits per heavy atom. The highest BCUT2D eigenvalue weighted by Crippen LogP contribution is 2.35. The highest BCUT2D eigenvalue weighted by molar-refractivity contribution is 6.00. The third-order valence-electron chi connectivity index (χ3n) is 5.40. The molecular weight excluding hydrogens is 407 g/mol. The molecule has 0 saturated carbocycles. The van der Waals surface area contributed by atoms with Gasteiger partial charge in [-0.3, -0.25) is 15.1 Å². The Labute approximate surface area is 180 Å². The number of benzene rings is 2. The number of rotatable bonds is 3. The lowest BCUT2D eigenvalue weighted by Gasteiger charge is -2.04. The first-order valence-corrected chi connectivity index (χ1v) is 9.88. The van der Waals surface area contributed by atoms with Crippen molar-refractivity contribution in [2.75, 3.05) is 0 Å². The topological polar surface area (TPSA) is 103 Å². The number of H-pyrrole nitrogens is 2. The molecule has 3 N–H and O–H groups in total. The molecule has 0 spiro atoms. The van der Waals surface area contributed by atoms with Crippen LogP contribution in [0.3, 0.4) is 0 Å². The van der Waals surface area contributed by atoms with Crippen LogP contribution < -0.4 is 0 Å². The molecule has 0 aliphatic rings. The van der Waals surface area contributed by atoms with Crippen molar-refractivity contribution in [3.8, 4) is 39.5 Å². The summed E-state index contributed by atoms with van der Waals surface area (Å²) in [6, 6.07) is 13.7. The number of aromatic hydroxyl groups is 1. The monoisotopic (exact) mass is 422 g/mol. The first kappa shape index (κ1) is 18.2. The third kappa shape index (κ3) is 2.97. The third-order valence-corrected chi connectivity index (χ3v) is 5.40. The van der Waals surface area contributed by atoms with Gasteiger partial charge in [0.15, 0.2) is 0 Å². The number of hydrogen-bond donors (Lipinski definition) is 3. The normalized spacial score (nSPS) is 11.4. The molecule has 0 aliphatic carbocycles. The minimum Gasteiger partial charge on any atom is -0.508 e. The molecule has 0 saturated heterocycles. The summed E-state index contributed by atoms with van der Waals surface area (Å²) in [6.45, 7) is 0. The van der Waals surface area contributed by atoms with E-state index in [9.17, 15) is 9.50 Å². The molecule has 7 nitrogen and oxygen atoms in total. The summed E-state index contributed by atoms with van der Waals surface area (Å²) >= 11 is 0. The van der Waals surface area contributed by atoms with Gasteiger partial charge in [-0.1, -0.05) is 6.07 Å². The van der Waals surface area contributed by atoms with E-state index in [-0.39, 0.29) is 5.75 Å². The van der Waals surface area contributed by atoms with Gasteiger partial charge in [0.05, 0.1) is 23.1 Å². The lowest BCUT2D eigenvalue weighted by molar-refractivity contribution is 0.469. The number of fused-ring (bicyclic) bond motifs is 2. The predicted octanol–water partition coefficient (Wildman–Crippen LogP) is 5.07. The van der Waals surface area contributed by atoms with E-state index >= 15 is 0 Å². The molecule has 8 heteroatoms. The van der Waals surface area contributed by atoms with Crippen molar-refractivity contribution in [2.24, 2.45) is 0 Å². The van der Waals surface area contributed by atoms with Crippen LogP contribution in [0.2, 0.25) is 0 Å². The largest absolute Gasteiger partial charge is 0.508 e. The summed E-state index contributed by atoms with van der Waals surface area (Å²) < 4.78 is 13.9. The zero-order chi connectivity index (χ0) is 21.7. The van der Waals surface area contributed by atoms with E-state index in [4.69, 9.17) is 0 Å². The van der Waals surface area contributed by atoms with E-state index in [0.29, 0.717) is 11.2 Å². The molecule has 0 atom stereocenters. The highest BCUT2D eigenvalue weighted by atomic mass is 19.1. The van der Waals surface area contributed by atoms with E-state index in [1.165, 1.54) is 12.1 Å². The standard InChI is InChI=1S/C24H15FN6O/c25-15-7-14(8-16(32)10-15)17-3-4-28-24-18(17)11-21(29-24)23-19-9-13(1-2-20(19)30-31-23)22-12-26-5-6-27-22/h1-12,32H,(H,28,29)(H,30,31). The minimum absolute atomic E-state index is 0.129. The molecule has 0 amide bonds.